The molecule has 1 aliphatic heterocycles. The van der Waals surface area contributed by atoms with Crippen molar-refractivity contribution in [3.05, 3.63) is 33.8 Å². The van der Waals surface area contributed by atoms with Crippen molar-refractivity contribution in [3.8, 4) is 0 Å². The standard InChI is InChI=1S/C20H25Cl2N3O2/c1-13(2)12-25-18(26)7-6-17(24-25)19(27)23-20(8-3-9-20)11-14-4-5-15(21)10-16(14)22/h4-5,10,13H,3,6-9,11-12H2,1-2H3,(H,23,27). The summed E-state index contributed by atoms with van der Waals surface area (Å²) in [4.78, 5) is 24.9. The number of nitrogens with zero attached hydrogens (tertiary/aromatic N) is 2. The molecule has 0 unspecified atom stereocenters. The first-order valence-electron chi connectivity index (χ1n) is 9.42. The summed E-state index contributed by atoms with van der Waals surface area (Å²) in [5.41, 5.74) is 1.11. The van der Waals surface area contributed by atoms with Gasteiger partial charge in [0.1, 0.15) is 5.71 Å². The van der Waals surface area contributed by atoms with Crippen molar-refractivity contribution in [1.29, 1.82) is 0 Å². The normalized spacial score (nSPS) is 18.9. The number of nitrogens with one attached hydrogen (secondary N) is 1. The van der Waals surface area contributed by atoms with Gasteiger partial charge in [-0.1, -0.05) is 43.1 Å². The second-order valence-electron chi connectivity index (χ2n) is 7.92. The topological polar surface area (TPSA) is 61.8 Å². The summed E-state index contributed by atoms with van der Waals surface area (Å²) in [5, 5.41) is 10.2. The van der Waals surface area contributed by atoms with Gasteiger partial charge in [0.25, 0.3) is 5.91 Å². The van der Waals surface area contributed by atoms with Crippen molar-refractivity contribution in [2.75, 3.05) is 6.54 Å². The summed E-state index contributed by atoms with van der Waals surface area (Å²) in [6, 6.07) is 5.46. The zero-order valence-electron chi connectivity index (χ0n) is 15.7. The van der Waals surface area contributed by atoms with Gasteiger partial charge in [-0.25, -0.2) is 5.01 Å². The quantitative estimate of drug-likeness (QED) is 0.764. The van der Waals surface area contributed by atoms with Crippen LogP contribution in [-0.2, 0) is 16.0 Å². The van der Waals surface area contributed by atoms with Gasteiger partial charge in [-0.3, -0.25) is 9.59 Å². The van der Waals surface area contributed by atoms with Crippen LogP contribution in [0, 0.1) is 5.92 Å². The van der Waals surface area contributed by atoms with E-state index < -0.39 is 0 Å². The van der Waals surface area contributed by atoms with Crippen LogP contribution in [0.5, 0.6) is 0 Å². The van der Waals surface area contributed by atoms with Crippen molar-refractivity contribution >= 4 is 40.7 Å². The molecule has 1 aliphatic carbocycles. The molecule has 2 amide bonds. The molecule has 1 aromatic carbocycles. The summed E-state index contributed by atoms with van der Waals surface area (Å²) in [6.45, 7) is 4.58. The van der Waals surface area contributed by atoms with Gasteiger partial charge >= 0.3 is 0 Å². The van der Waals surface area contributed by atoms with Crippen molar-refractivity contribution in [2.45, 2.75) is 57.9 Å². The summed E-state index contributed by atoms with van der Waals surface area (Å²) in [6.07, 6.45) is 4.25. The summed E-state index contributed by atoms with van der Waals surface area (Å²) in [5.74, 6) is 0.0951. The molecular formula is C20H25Cl2N3O2. The van der Waals surface area contributed by atoms with E-state index in [1.54, 1.807) is 6.07 Å². The number of carbonyl (C=O) groups is 2. The molecule has 1 fully saturated rings. The molecule has 0 spiro atoms. The van der Waals surface area contributed by atoms with E-state index in [-0.39, 0.29) is 17.4 Å². The first-order valence-corrected chi connectivity index (χ1v) is 10.2. The lowest BCUT2D eigenvalue weighted by molar-refractivity contribution is -0.132. The molecule has 0 aromatic heterocycles. The highest BCUT2D eigenvalue weighted by Gasteiger charge is 2.40. The maximum absolute atomic E-state index is 12.8. The number of hydrazone groups is 1. The highest BCUT2D eigenvalue weighted by Crippen LogP contribution is 2.37. The third kappa shape index (κ3) is 4.82. The van der Waals surface area contributed by atoms with Gasteiger partial charge in [0.15, 0.2) is 0 Å². The Morgan fingerprint density at radius 1 is 1.30 bits per heavy atom. The molecule has 5 nitrogen and oxygen atoms in total. The Labute approximate surface area is 170 Å². The second-order valence-corrected chi connectivity index (χ2v) is 8.76. The van der Waals surface area contributed by atoms with Crippen LogP contribution in [0.15, 0.2) is 23.3 Å². The molecule has 3 rings (SSSR count). The van der Waals surface area contributed by atoms with Gasteiger partial charge < -0.3 is 5.32 Å². The first-order chi connectivity index (χ1) is 12.8. The predicted molar refractivity (Wildman–Crippen MR) is 108 cm³/mol. The molecule has 0 bridgehead atoms. The van der Waals surface area contributed by atoms with Gasteiger partial charge in [-0.05, 0) is 49.3 Å². The number of benzene rings is 1. The van der Waals surface area contributed by atoms with E-state index in [4.69, 9.17) is 23.2 Å². The molecule has 0 atom stereocenters. The lowest BCUT2D eigenvalue weighted by atomic mass is 9.72. The average Bonchev–Trinajstić information content (AvgIpc) is 2.56. The SMILES string of the molecule is CC(C)CN1N=C(C(=O)NC2(Cc3ccc(Cl)cc3Cl)CCC2)CCC1=O. The Kier molecular flexibility index (Phi) is 6.11. The number of hydrogen-bond donors (Lipinski definition) is 1. The predicted octanol–water partition coefficient (Wildman–Crippen LogP) is 4.21. The summed E-state index contributed by atoms with van der Waals surface area (Å²) < 4.78 is 0. The number of halogens is 2. The highest BCUT2D eigenvalue weighted by molar-refractivity contribution is 6.39. The average molecular weight is 410 g/mol. The smallest absolute Gasteiger partial charge is 0.267 e. The van der Waals surface area contributed by atoms with Crippen LogP contribution in [0.25, 0.3) is 0 Å². The van der Waals surface area contributed by atoms with Crippen molar-refractivity contribution in [3.63, 3.8) is 0 Å². The molecule has 146 valence electrons. The van der Waals surface area contributed by atoms with Crippen LogP contribution in [0.4, 0.5) is 0 Å². The third-order valence-corrected chi connectivity index (χ3v) is 5.73. The van der Waals surface area contributed by atoms with Crippen molar-refractivity contribution in [2.24, 2.45) is 11.0 Å². The fourth-order valence-electron chi connectivity index (χ4n) is 3.55. The Morgan fingerprint density at radius 3 is 2.63 bits per heavy atom. The summed E-state index contributed by atoms with van der Waals surface area (Å²) in [7, 11) is 0. The van der Waals surface area contributed by atoms with Gasteiger partial charge in [0, 0.05) is 35.0 Å². The molecule has 1 aromatic rings. The molecule has 1 saturated carbocycles. The first kappa shape index (κ1) is 20.2. The van der Waals surface area contributed by atoms with E-state index in [1.165, 1.54) is 5.01 Å². The van der Waals surface area contributed by atoms with Crippen LogP contribution in [-0.4, -0.2) is 34.6 Å². The Hall–Kier alpha value is -1.59. The van der Waals surface area contributed by atoms with Gasteiger partial charge in [0.05, 0.1) is 0 Å². The molecule has 27 heavy (non-hydrogen) atoms. The van der Waals surface area contributed by atoms with Crippen LogP contribution >= 0.6 is 23.2 Å². The fraction of sp³-hybridized carbons (Fsp3) is 0.550. The molecule has 1 heterocycles. The lowest BCUT2D eigenvalue weighted by Gasteiger charge is -2.43. The molecule has 0 radical (unpaired) electrons. The summed E-state index contributed by atoms with van der Waals surface area (Å²) >= 11 is 12.3. The van der Waals surface area contributed by atoms with Crippen LogP contribution in [0.2, 0.25) is 10.0 Å². The van der Waals surface area contributed by atoms with Crippen LogP contribution in [0.1, 0.15) is 51.5 Å². The zero-order chi connectivity index (χ0) is 19.6. The minimum atomic E-state index is -0.304. The highest BCUT2D eigenvalue weighted by atomic mass is 35.5. The zero-order valence-corrected chi connectivity index (χ0v) is 17.2. The maximum Gasteiger partial charge on any atom is 0.267 e. The van der Waals surface area contributed by atoms with Gasteiger partial charge in [-0.2, -0.15) is 5.10 Å². The van der Waals surface area contributed by atoms with E-state index in [0.717, 1.165) is 24.8 Å². The number of hydrogen-bond acceptors (Lipinski definition) is 3. The fourth-order valence-corrected chi connectivity index (χ4v) is 4.02. The van der Waals surface area contributed by atoms with E-state index >= 15 is 0 Å². The van der Waals surface area contributed by atoms with Crippen LogP contribution < -0.4 is 5.32 Å². The molecule has 2 aliphatic rings. The van der Waals surface area contributed by atoms with E-state index in [1.807, 2.05) is 26.0 Å². The molecule has 7 heteroatoms. The van der Waals surface area contributed by atoms with E-state index in [2.05, 4.69) is 10.4 Å². The van der Waals surface area contributed by atoms with E-state index in [9.17, 15) is 9.59 Å². The molecule has 0 saturated heterocycles. The number of rotatable bonds is 6. The monoisotopic (exact) mass is 409 g/mol. The number of amides is 2. The third-order valence-electron chi connectivity index (χ3n) is 5.14. The number of carbonyl (C=O) groups excluding carboxylic acids is 2. The minimum absolute atomic E-state index is 0.0217. The van der Waals surface area contributed by atoms with Gasteiger partial charge in [-0.15, -0.1) is 0 Å². The Morgan fingerprint density at radius 2 is 2.04 bits per heavy atom. The Balaban J connectivity index is 1.72. The minimum Gasteiger partial charge on any atom is -0.345 e. The van der Waals surface area contributed by atoms with Gasteiger partial charge in [0.2, 0.25) is 5.91 Å². The molecular weight excluding hydrogens is 385 g/mol. The van der Waals surface area contributed by atoms with E-state index in [0.29, 0.717) is 47.5 Å². The maximum atomic E-state index is 12.8. The van der Waals surface area contributed by atoms with Crippen LogP contribution in [0.3, 0.4) is 0 Å². The lowest BCUT2D eigenvalue weighted by Crippen LogP contribution is -2.57. The Bertz CT molecular complexity index is 772. The largest absolute Gasteiger partial charge is 0.345 e. The van der Waals surface area contributed by atoms with Crippen molar-refractivity contribution in [1.82, 2.24) is 10.3 Å². The second kappa shape index (κ2) is 8.19. The molecule has 1 N–H and O–H groups in total. The van der Waals surface area contributed by atoms with Crippen molar-refractivity contribution < 1.29 is 9.59 Å².